The largest absolute Gasteiger partial charge is 0.467 e. The summed E-state index contributed by atoms with van der Waals surface area (Å²) in [5.74, 6) is -1.04. The first-order chi connectivity index (χ1) is 12.6. The number of amides is 1. The van der Waals surface area contributed by atoms with Crippen LogP contribution in [0.1, 0.15) is 21.5 Å². The van der Waals surface area contributed by atoms with Crippen molar-refractivity contribution >= 4 is 23.6 Å². The van der Waals surface area contributed by atoms with Gasteiger partial charge in [-0.15, -0.1) is 0 Å². The van der Waals surface area contributed by atoms with Crippen LogP contribution in [0.5, 0.6) is 0 Å². The van der Waals surface area contributed by atoms with Crippen LogP contribution in [-0.2, 0) is 20.7 Å². The number of isocyanates is 1. The maximum atomic E-state index is 12.4. The number of nitriles is 1. The minimum Gasteiger partial charge on any atom is -0.467 e. The van der Waals surface area contributed by atoms with Crippen LogP contribution in [-0.4, -0.2) is 31.1 Å². The van der Waals surface area contributed by atoms with Crippen LogP contribution >= 0.6 is 0 Å². The van der Waals surface area contributed by atoms with E-state index in [2.05, 4.69) is 10.3 Å². The Morgan fingerprint density at radius 3 is 2.35 bits per heavy atom. The third-order valence-electron chi connectivity index (χ3n) is 3.62. The van der Waals surface area contributed by atoms with E-state index < -0.39 is 17.9 Å². The lowest BCUT2D eigenvalue weighted by atomic mass is 10.0. The number of carbonyl (C=O) groups excluding carboxylic acids is 3. The Morgan fingerprint density at radius 1 is 1.15 bits per heavy atom. The molecule has 26 heavy (non-hydrogen) atoms. The first kappa shape index (κ1) is 18.6. The van der Waals surface area contributed by atoms with Crippen molar-refractivity contribution in [1.29, 1.82) is 5.26 Å². The summed E-state index contributed by atoms with van der Waals surface area (Å²) in [7, 11) is 1.24. The molecule has 0 spiro atoms. The average Bonchev–Trinajstić information content (AvgIpc) is 2.68. The quantitative estimate of drug-likeness (QED) is 0.488. The van der Waals surface area contributed by atoms with Gasteiger partial charge in [-0.3, -0.25) is 4.79 Å². The van der Waals surface area contributed by atoms with Crippen molar-refractivity contribution in [2.75, 3.05) is 7.11 Å². The van der Waals surface area contributed by atoms with Gasteiger partial charge in [0, 0.05) is 12.0 Å². The minimum absolute atomic E-state index is 0.220. The number of ether oxygens (including phenoxy) is 1. The maximum Gasteiger partial charge on any atom is 0.328 e. The van der Waals surface area contributed by atoms with Gasteiger partial charge in [-0.1, -0.05) is 12.1 Å². The predicted molar refractivity (Wildman–Crippen MR) is 92.4 cm³/mol. The maximum absolute atomic E-state index is 12.4. The second-order valence-electron chi connectivity index (χ2n) is 5.31. The highest BCUT2D eigenvalue weighted by molar-refractivity contribution is 5.97. The molecule has 0 fully saturated rings. The molecule has 0 aliphatic heterocycles. The van der Waals surface area contributed by atoms with Crippen LogP contribution in [0, 0.1) is 11.3 Å². The normalized spacial score (nSPS) is 10.8. The molecule has 0 radical (unpaired) electrons. The fraction of sp³-hybridized carbons (Fsp3) is 0.158. The van der Waals surface area contributed by atoms with Gasteiger partial charge in [0.15, 0.2) is 0 Å². The van der Waals surface area contributed by atoms with Crippen molar-refractivity contribution in [2.24, 2.45) is 4.99 Å². The summed E-state index contributed by atoms with van der Waals surface area (Å²) in [5, 5.41) is 11.5. The van der Waals surface area contributed by atoms with Gasteiger partial charge in [-0.25, -0.2) is 9.59 Å². The Morgan fingerprint density at radius 2 is 1.81 bits per heavy atom. The van der Waals surface area contributed by atoms with E-state index in [1.807, 2.05) is 6.07 Å². The molecular formula is C19H15N3O4. The summed E-state index contributed by atoms with van der Waals surface area (Å²) in [6, 6.07) is 13.8. The second-order valence-corrected chi connectivity index (χ2v) is 5.31. The Kier molecular flexibility index (Phi) is 6.38. The third-order valence-corrected chi connectivity index (χ3v) is 3.62. The molecule has 7 nitrogen and oxygen atoms in total. The molecule has 0 saturated carbocycles. The molecule has 2 rings (SSSR count). The van der Waals surface area contributed by atoms with Gasteiger partial charge in [0.05, 0.1) is 24.4 Å². The summed E-state index contributed by atoms with van der Waals surface area (Å²) in [6.45, 7) is 0. The molecular weight excluding hydrogens is 334 g/mol. The van der Waals surface area contributed by atoms with E-state index in [0.29, 0.717) is 16.8 Å². The van der Waals surface area contributed by atoms with Crippen LogP contribution in [0.25, 0.3) is 0 Å². The molecule has 0 aromatic heterocycles. The zero-order valence-corrected chi connectivity index (χ0v) is 13.9. The first-order valence-corrected chi connectivity index (χ1v) is 7.63. The Labute approximate surface area is 149 Å². The lowest BCUT2D eigenvalue weighted by molar-refractivity contribution is -0.142. The van der Waals surface area contributed by atoms with Gasteiger partial charge in [0.1, 0.15) is 6.04 Å². The molecule has 0 heterocycles. The fourth-order valence-corrected chi connectivity index (χ4v) is 2.27. The fourth-order valence-electron chi connectivity index (χ4n) is 2.27. The molecule has 0 aliphatic rings. The topological polar surface area (TPSA) is 109 Å². The number of aliphatic imine (C=N–C) groups is 1. The van der Waals surface area contributed by atoms with Crippen molar-refractivity contribution in [3.05, 3.63) is 65.2 Å². The Hall–Kier alpha value is -3.75. The SMILES string of the molecule is COC(=O)C(Cc1ccc(C#N)cc1)NC(=O)c1ccc(N=C=O)cc1. The van der Waals surface area contributed by atoms with Crippen LogP contribution in [0.4, 0.5) is 5.69 Å². The van der Waals surface area contributed by atoms with Crippen molar-refractivity contribution < 1.29 is 19.1 Å². The molecule has 0 bridgehead atoms. The average molecular weight is 349 g/mol. The number of rotatable bonds is 6. The molecule has 2 aromatic rings. The number of benzene rings is 2. The number of carbonyl (C=O) groups is 2. The van der Waals surface area contributed by atoms with E-state index in [1.165, 1.54) is 37.5 Å². The summed E-state index contributed by atoms with van der Waals surface area (Å²) in [4.78, 5) is 38.0. The van der Waals surface area contributed by atoms with Gasteiger partial charge >= 0.3 is 5.97 Å². The summed E-state index contributed by atoms with van der Waals surface area (Å²) >= 11 is 0. The Bertz CT molecular complexity index is 876. The van der Waals surface area contributed by atoms with Crippen molar-refractivity contribution in [3.63, 3.8) is 0 Å². The molecule has 1 amide bonds. The highest BCUT2D eigenvalue weighted by Crippen LogP contribution is 2.13. The number of esters is 1. The van der Waals surface area contributed by atoms with Crippen LogP contribution in [0.3, 0.4) is 0 Å². The van der Waals surface area contributed by atoms with Gasteiger partial charge in [-0.05, 0) is 42.0 Å². The van der Waals surface area contributed by atoms with Gasteiger partial charge in [-0.2, -0.15) is 10.3 Å². The van der Waals surface area contributed by atoms with Crippen molar-refractivity contribution in [3.8, 4) is 6.07 Å². The second kappa shape index (κ2) is 8.92. The van der Waals surface area contributed by atoms with Gasteiger partial charge < -0.3 is 10.1 Å². The van der Waals surface area contributed by atoms with E-state index in [9.17, 15) is 14.4 Å². The summed E-state index contributed by atoms with van der Waals surface area (Å²) in [6.07, 6.45) is 1.64. The third kappa shape index (κ3) is 4.87. The summed E-state index contributed by atoms with van der Waals surface area (Å²) in [5.41, 5.74) is 1.96. The van der Waals surface area contributed by atoms with E-state index in [1.54, 1.807) is 24.3 Å². The zero-order valence-electron chi connectivity index (χ0n) is 13.9. The number of hydrogen-bond acceptors (Lipinski definition) is 6. The molecule has 1 atom stereocenters. The molecule has 2 aromatic carbocycles. The number of methoxy groups -OCH3 is 1. The number of hydrogen-bond donors (Lipinski definition) is 1. The lowest BCUT2D eigenvalue weighted by Crippen LogP contribution is -2.43. The van der Waals surface area contributed by atoms with E-state index >= 15 is 0 Å². The lowest BCUT2D eigenvalue weighted by Gasteiger charge is -2.16. The predicted octanol–water partition coefficient (Wildman–Crippen LogP) is 2.04. The standard InChI is InChI=1S/C19H15N3O4/c1-26-19(25)17(10-13-2-4-14(11-20)5-3-13)22-18(24)15-6-8-16(9-7-15)21-12-23/h2-9,17H,10H2,1H3,(H,22,24). The van der Waals surface area contributed by atoms with Gasteiger partial charge in [0.2, 0.25) is 6.08 Å². The van der Waals surface area contributed by atoms with Crippen LogP contribution in [0.15, 0.2) is 53.5 Å². The Balaban J connectivity index is 2.13. The molecule has 1 N–H and O–H groups in total. The van der Waals surface area contributed by atoms with Crippen molar-refractivity contribution in [1.82, 2.24) is 5.32 Å². The molecule has 130 valence electrons. The molecule has 1 unspecified atom stereocenters. The van der Waals surface area contributed by atoms with Crippen molar-refractivity contribution in [2.45, 2.75) is 12.5 Å². The highest BCUT2D eigenvalue weighted by Gasteiger charge is 2.22. The minimum atomic E-state index is -0.881. The summed E-state index contributed by atoms with van der Waals surface area (Å²) < 4.78 is 4.75. The highest BCUT2D eigenvalue weighted by atomic mass is 16.5. The molecule has 7 heteroatoms. The van der Waals surface area contributed by atoms with Crippen LogP contribution in [0.2, 0.25) is 0 Å². The molecule has 0 aliphatic carbocycles. The zero-order chi connectivity index (χ0) is 18.9. The first-order valence-electron chi connectivity index (χ1n) is 7.63. The smallest absolute Gasteiger partial charge is 0.328 e. The monoisotopic (exact) mass is 349 g/mol. The number of nitrogens with zero attached hydrogens (tertiary/aromatic N) is 2. The van der Waals surface area contributed by atoms with Gasteiger partial charge in [0.25, 0.3) is 5.91 Å². The number of nitrogens with one attached hydrogen (secondary N) is 1. The molecule has 0 saturated heterocycles. The van der Waals surface area contributed by atoms with E-state index in [-0.39, 0.29) is 6.42 Å². The van der Waals surface area contributed by atoms with E-state index in [4.69, 9.17) is 10.00 Å². The van der Waals surface area contributed by atoms with E-state index in [0.717, 1.165) is 5.56 Å². The van der Waals surface area contributed by atoms with Crippen LogP contribution < -0.4 is 5.32 Å².